The third-order valence-corrected chi connectivity index (χ3v) is 6.08. The van der Waals surface area contributed by atoms with Crippen molar-refractivity contribution in [2.75, 3.05) is 33.3 Å². The molecule has 0 aromatic carbocycles. The topological polar surface area (TPSA) is 61.9 Å². The fourth-order valence-electron chi connectivity index (χ4n) is 2.88. The van der Waals surface area contributed by atoms with Crippen molar-refractivity contribution in [2.24, 2.45) is 0 Å². The number of ether oxygens (including phenoxy) is 1. The third-order valence-electron chi connectivity index (χ3n) is 3.91. The van der Waals surface area contributed by atoms with Gasteiger partial charge in [0.1, 0.15) is 0 Å². The number of morpholine rings is 1. The van der Waals surface area contributed by atoms with Crippen LogP contribution in [0.3, 0.4) is 0 Å². The number of nitrogens with zero attached hydrogens (tertiary/aromatic N) is 2. The molecule has 2 saturated heterocycles. The summed E-state index contributed by atoms with van der Waals surface area (Å²) < 4.78 is 34.4. The minimum atomic E-state index is -3.37. The zero-order chi connectivity index (χ0) is 14.0. The van der Waals surface area contributed by atoms with E-state index in [0.29, 0.717) is 26.2 Å². The van der Waals surface area contributed by atoms with Gasteiger partial charge in [-0.25, -0.2) is 0 Å². The molecule has 3 unspecified atom stereocenters. The Bertz CT molecular complexity index is 407. The van der Waals surface area contributed by atoms with Gasteiger partial charge in [0.25, 0.3) is 10.2 Å². The molecule has 2 aliphatic heterocycles. The van der Waals surface area contributed by atoms with Crippen molar-refractivity contribution in [3.8, 4) is 0 Å². The molecule has 0 aromatic heterocycles. The van der Waals surface area contributed by atoms with Crippen LogP contribution in [0, 0.1) is 0 Å². The summed E-state index contributed by atoms with van der Waals surface area (Å²) >= 11 is 0. The zero-order valence-electron chi connectivity index (χ0n) is 12.4. The lowest BCUT2D eigenvalue weighted by Crippen LogP contribution is -2.56. The van der Waals surface area contributed by atoms with Crippen LogP contribution >= 0.6 is 12.4 Å². The Morgan fingerprint density at radius 2 is 2.00 bits per heavy atom. The van der Waals surface area contributed by atoms with Crippen LogP contribution in [-0.4, -0.2) is 68.5 Å². The Morgan fingerprint density at radius 1 is 1.30 bits per heavy atom. The van der Waals surface area contributed by atoms with Crippen molar-refractivity contribution in [3.05, 3.63) is 0 Å². The molecule has 0 aliphatic carbocycles. The maximum atomic E-state index is 12.8. The molecule has 1 N–H and O–H groups in total. The fourth-order valence-corrected chi connectivity index (χ4v) is 4.98. The van der Waals surface area contributed by atoms with Gasteiger partial charge in [-0.1, -0.05) is 0 Å². The molecule has 0 radical (unpaired) electrons. The van der Waals surface area contributed by atoms with E-state index in [1.165, 1.54) is 0 Å². The second kappa shape index (κ2) is 7.38. The van der Waals surface area contributed by atoms with E-state index in [0.717, 1.165) is 12.8 Å². The number of hydrogen-bond donors (Lipinski definition) is 1. The fraction of sp³-hybridized carbons (Fsp3) is 1.00. The molecule has 6 nitrogen and oxygen atoms in total. The lowest BCUT2D eigenvalue weighted by atomic mass is 10.2. The highest BCUT2D eigenvalue weighted by atomic mass is 35.5. The quantitative estimate of drug-likeness (QED) is 0.814. The van der Waals surface area contributed by atoms with Crippen LogP contribution in [0.2, 0.25) is 0 Å². The molecule has 0 aromatic rings. The number of nitrogens with one attached hydrogen (secondary N) is 1. The highest BCUT2D eigenvalue weighted by molar-refractivity contribution is 7.86. The molecule has 8 heteroatoms. The monoisotopic (exact) mass is 327 g/mol. The first-order valence-corrected chi connectivity index (χ1v) is 8.41. The van der Waals surface area contributed by atoms with Gasteiger partial charge in [-0.3, -0.25) is 0 Å². The van der Waals surface area contributed by atoms with Crippen LogP contribution in [0.15, 0.2) is 0 Å². The minimum absolute atomic E-state index is 0. The molecule has 0 bridgehead atoms. The zero-order valence-corrected chi connectivity index (χ0v) is 14.0. The normalized spacial score (nSPS) is 33.0. The van der Waals surface area contributed by atoms with Crippen molar-refractivity contribution in [3.63, 3.8) is 0 Å². The minimum Gasteiger partial charge on any atom is -0.375 e. The van der Waals surface area contributed by atoms with Gasteiger partial charge in [-0.15, -0.1) is 12.4 Å². The van der Waals surface area contributed by atoms with Crippen molar-refractivity contribution < 1.29 is 13.2 Å². The van der Waals surface area contributed by atoms with Crippen LogP contribution < -0.4 is 5.32 Å². The summed E-state index contributed by atoms with van der Waals surface area (Å²) in [6, 6.07) is -0.00242. The summed E-state index contributed by atoms with van der Waals surface area (Å²) in [6.07, 6.45) is 1.85. The van der Waals surface area contributed by atoms with Crippen LogP contribution in [0.25, 0.3) is 0 Å². The highest BCUT2D eigenvalue weighted by Crippen LogP contribution is 2.26. The number of halogens is 1. The first kappa shape index (κ1) is 18.1. The molecule has 120 valence electrons. The van der Waals surface area contributed by atoms with Gasteiger partial charge in [0.15, 0.2) is 0 Å². The Labute approximate surface area is 128 Å². The van der Waals surface area contributed by atoms with Crippen LogP contribution in [0.5, 0.6) is 0 Å². The largest absolute Gasteiger partial charge is 0.375 e. The van der Waals surface area contributed by atoms with Crippen LogP contribution in [0.4, 0.5) is 0 Å². The van der Waals surface area contributed by atoms with Crippen molar-refractivity contribution in [2.45, 2.75) is 44.9 Å². The van der Waals surface area contributed by atoms with E-state index in [1.807, 2.05) is 20.9 Å². The second-order valence-corrected chi connectivity index (χ2v) is 7.37. The lowest BCUT2D eigenvalue weighted by Gasteiger charge is -2.39. The molecule has 2 heterocycles. The molecule has 2 rings (SSSR count). The average molecular weight is 328 g/mol. The van der Waals surface area contributed by atoms with Gasteiger partial charge in [0, 0.05) is 31.7 Å². The highest BCUT2D eigenvalue weighted by Gasteiger charge is 2.41. The second-order valence-electron chi connectivity index (χ2n) is 5.53. The van der Waals surface area contributed by atoms with Crippen LogP contribution in [0.1, 0.15) is 26.7 Å². The maximum Gasteiger partial charge on any atom is 0.282 e. The van der Waals surface area contributed by atoms with E-state index in [-0.39, 0.29) is 30.6 Å². The molecule has 0 spiro atoms. The first-order chi connectivity index (χ1) is 8.96. The van der Waals surface area contributed by atoms with E-state index in [4.69, 9.17) is 4.74 Å². The molecular formula is C12H26ClN3O3S. The van der Waals surface area contributed by atoms with Gasteiger partial charge in [0.2, 0.25) is 0 Å². The standard InChI is InChI=1S/C12H25N3O3S.ClH/c1-10-9-18-11(2)8-15(10)19(16,17)14-6-4-5-12(14)7-13-3;/h10-13H,4-9H2,1-3H3;1H. The molecule has 0 amide bonds. The Morgan fingerprint density at radius 3 is 2.65 bits per heavy atom. The molecule has 2 fully saturated rings. The van der Waals surface area contributed by atoms with Crippen molar-refractivity contribution >= 4 is 22.6 Å². The van der Waals surface area contributed by atoms with Gasteiger partial charge >= 0.3 is 0 Å². The SMILES string of the molecule is CNCC1CCCN1S(=O)(=O)N1CC(C)OCC1C.Cl. The Kier molecular flexibility index (Phi) is 6.69. The van der Waals surface area contributed by atoms with Gasteiger partial charge in [0.05, 0.1) is 12.7 Å². The van der Waals surface area contributed by atoms with E-state index in [2.05, 4.69) is 5.32 Å². The van der Waals surface area contributed by atoms with Gasteiger partial charge in [-0.05, 0) is 33.7 Å². The van der Waals surface area contributed by atoms with Gasteiger partial charge in [-0.2, -0.15) is 17.0 Å². The smallest absolute Gasteiger partial charge is 0.282 e. The molecule has 3 atom stereocenters. The van der Waals surface area contributed by atoms with Gasteiger partial charge < -0.3 is 10.1 Å². The third kappa shape index (κ3) is 3.64. The maximum absolute atomic E-state index is 12.8. The summed E-state index contributed by atoms with van der Waals surface area (Å²) in [5, 5.41) is 3.09. The summed E-state index contributed by atoms with van der Waals surface area (Å²) in [5.41, 5.74) is 0. The number of hydrogen-bond acceptors (Lipinski definition) is 4. The van der Waals surface area contributed by atoms with E-state index >= 15 is 0 Å². The summed E-state index contributed by atoms with van der Waals surface area (Å²) in [7, 11) is -1.50. The molecule has 20 heavy (non-hydrogen) atoms. The predicted octanol–water partition coefficient (Wildman–Crippen LogP) is 0.446. The molecular weight excluding hydrogens is 302 g/mol. The summed E-state index contributed by atoms with van der Waals surface area (Å²) in [4.78, 5) is 0. The molecule has 2 aliphatic rings. The number of likely N-dealkylation sites (N-methyl/N-ethyl adjacent to an activating group) is 1. The van der Waals surface area contributed by atoms with E-state index in [1.54, 1.807) is 8.61 Å². The predicted molar refractivity (Wildman–Crippen MR) is 81.4 cm³/mol. The van der Waals surface area contributed by atoms with Crippen LogP contribution in [-0.2, 0) is 14.9 Å². The summed E-state index contributed by atoms with van der Waals surface area (Å²) in [5.74, 6) is 0. The number of rotatable bonds is 4. The molecule has 0 saturated carbocycles. The van der Waals surface area contributed by atoms with Crippen molar-refractivity contribution in [1.29, 1.82) is 0 Å². The Balaban J connectivity index is 0.00000200. The van der Waals surface area contributed by atoms with E-state index < -0.39 is 10.2 Å². The summed E-state index contributed by atoms with van der Waals surface area (Å²) in [6.45, 7) is 6.11. The average Bonchev–Trinajstić information content (AvgIpc) is 2.81. The van der Waals surface area contributed by atoms with E-state index in [9.17, 15) is 8.42 Å². The first-order valence-electron chi connectivity index (χ1n) is 7.01. The lowest BCUT2D eigenvalue weighted by molar-refractivity contribution is -0.0192. The van der Waals surface area contributed by atoms with Crippen molar-refractivity contribution in [1.82, 2.24) is 13.9 Å². The Hall–Kier alpha value is 0.0800.